The number of ether oxygens (including phenoxy) is 2. The number of carbonyl (C=O) groups excluding carboxylic acids is 2. The lowest BCUT2D eigenvalue weighted by molar-refractivity contribution is -0.114. The third-order valence-electron chi connectivity index (χ3n) is 13.8. The fourth-order valence-electron chi connectivity index (χ4n) is 9.20. The molecule has 0 bridgehead atoms. The van der Waals surface area contributed by atoms with Crippen LogP contribution in [0.5, 0.6) is 11.5 Å². The van der Waals surface area contributed by atoms with Crippen LogP contribution in [0.2, 0.25) is 0 Å². The summed E-state index contributed by atoms with van der Waals surface area (Å²) in [7, 11) is 0. The number of benzene rings is 1. The van der Waals surface area contributed by atoms with Gasteiger partial charge in [0.25, 0.3) is 0 Å². The number of Topliss-reactive ketones (excluding diaryl/α,β-unsaturated/α-hetero) is 2. The number of rotatable bonds is 50. The van der Waals surface area contributed by atoms with Gasteiger partial charge >= 0.3 is 0 Å². The highest BCUT2D eigenvalue weighted by atomic mass is 16.5. The summed E-state index contributed by atoms with van der Waals surface area (Å²) in [6.07, 6.45) is 56.0. The van der Waals surface area contributed by atoms with E-state index < -0.39 is 0 Å². The standard InChI is InChI=1S/C62H108N2O6/c1-7-9-11-13-15-17-19-21-23-25-27-29-31-33-35-37-39-41-43-45-47-69-61-49-59(63-51-57(53(3)65)54(4)66)60(64-52-58(55(5)67)56(6)68)50-62(61)70-48-46-44-42-40-38-36-34-32-30-28-26-24-22-20-18-16-14-12-10-8-2/h49-52,65,67H,7-48H2,1-6H3/b57-53+,58-55+,63-51?,64-52?. The Hall–Kier alpha value is -3.42. The van der Waals surface area contributed by atoms with Crippen LogP contribution in [0.25, 0.3) is 0 Å². The summed E-state index contributed by atoms with van der Waals surface area (Å²) < 4.78 is 12.8. The lowest BCUT2D eigenvalue weighted by Gasteiger charge is -2.15. The molecule has 0 aliphatic heterocycles. The van der Waals surface area contributed by atoms with Crippen LogP contribution in [0.1, 0.15) is 298 Å². The first-order chi connectivity index (χ1) is 34.1. The van der Waals surface area contributed by atoms with Gasteiger partial charge in [-0.05, 0) is 40.5 Å². The second-order valence-electron chi connectivity index (χ2n) is 20.5. The molecule has 0 unspecified atom stereocenters. The average Bonchev–Trinajstić information content (AvgIpc) is 3.32. The number of carbonyl (C=O) groups is 2. The molecule has 0 aromatic heterocycles. The van der Waals surface area contributed by atoms with E-state index in [2.05, 4.69) is 23.8 Å². The van der Waals surface area contributed by atoms with E-state index in [0.29, 0.717) is 36.1 Å². The van der Waals surface area contributed by atoms with Crippen LogP contribution in [-0.2, 0) is 9.59 Å². The monoisotopic (exact) mass is 977 g/mol. The molecular weight excluding hydrogens is 869 g/mol. The molecule has 70 heavy (non-hydrogen) atoms. The average molecular weight is 978 g/mol. The summed E-state index contributed by atoms with van der Waals surface area (Å²) >= 11 is 0. The lowest BCUT2D eigenvalue weighted by atomic mass is 10.0. The lowest BCUT2D eigenvalue weighted by Crippen LogP contribution is -2.04. The van der Waals surface area contributed by atoms with E-state index in [1.54, 1.807) is 12.1 Å². The molecule has 0 spiro atoms. The molecule has 1 aromatic carbocycles. The first kappa shape index (κ1) is 64.6. The normalized spacial score (nSPS) is 12.5. The topological polar surface area (TPSA) is 118 Å². The Kier molecular flexibility index (Phi) is 43.0. The van der Waals surface area contributed by atoms with E-state index in [9.17, 15) is 19.8 Å². The number of allylic oxidation sites excluding steroid dienone is 4. The van der Waals surface area contributed by atoms with Gasteiger partial charge in [0.05, 0.1) is 35.7 Å². The predicted octanol–water partition coefficient (Wildman–Crippen LogP) is 20.3. The summed E-state index contributed by atoms with van der Waals surface area (Å²) in [5.41, 5.74) is 0.910. The molecule has 402 valence electrons. The number of ketones is 2. The van der Waals surface area contributed by atoms with Crippen molar-refractivity contribution in [1.29, 1.82) is 0 Å². The zero-order valence-electron chi connectivity index (χ0n) is 46.4. The Bertz CT molecular complexity index is 1450. The number of hydrogen-bond acceptors (Lipinski definition) is 8. The fourth-order valence-corrected chi connectivity index (χ4v) is 9.20. The van der Waals surface area contributed by atoms with Crippen molar-refractivity contribution in [2.45, 2.75) is 298 Å². The Balaban J connectivity index is 2.64. The summed E-state index contributed by atoms with van der Waals surface area (Å²) in [5.74, 6) is 0.156. The van der Waals surface area contributed by atoms with Crippen LogP contribution in [0.4, 0.5) is 11.4 Å². The molecule has 0 heterocycles. The van der Waals surface area contributed by atoms with Crippen molar-refractivity contribution in [3.8, 4) is 11.5 Å². The Morgan fingerprint density at radius 1 is 0.371 bits per heavy atom. The van der Waals surface area contributed by atoms with Gasteiger partial charge in [-0.15, -0.1) is 0 Å². The third kappa shape index (κ3) is 36.5. The van der Waals surface area contributed by atoms with Crippen LogP contribution >= 0.6 is 0 Å². The number of aliphatic hydroxyl groups excluding tert-OH is 2. The highest BCUT2D eigenvalue weighted by Gasteiger charge is 2.15. The van der Waals surface area contributed by atoms with Crippen molar-refractivity contribution in [3.63, 3.8) is 0 Å². The molecule has 0 atom stereocenters. The minimum absolute atomic E-state index is 0.0807. The first-order valence-electron chi connectivity index (χ1n) is 29.5. The van der Waals surface area contributed by atoms with Gasteiger partial charge in [-0.25, -0.2) is 0 Å². The van der Waals surface area contributed by atoms with Crippen molar-refractivity contribution in [2.75, 3.05) is 13.2 Å². The number of unbranched alkanes of at least 4 members (excludes halogenated alkanes) is 38. The van der Waals surface area contributed by atoms with Crippen molar-refractivity contribution < 1.29 is 29.3 Å². The number of hydrogen-bond donors (Lipinski definition) is 2. The van der Waals surface area contributed by atoms with Gasteiger partial charge in [-0.1, -0.05) is 258 Å². The molecule has 0 saturated carbocycles. The molecule has 0 fully saturated rings. The van der Waals surface area contributed by atoms with E-state index in [1.807, 2.05) is 0 Å². The van der Waals surface area contributed by atoms with Gasteiger partial charge in [-0.3, -0.25) is 19.6 Å². The zero-order chi connectivity index (χ0) is 51.1. The summed E-state index contributed by atoms with van der Waals surface area (Å²) in [6, 6.07) is 3.50. The van der Waals surface area contributed by atoms with Crippen molar-refractivity contribution in [1.82, 2.24) is 0 Å². The molecule has 0 aliphatic carbocycles. The number of nitrogens with zero attached hydrogens (tertiary/aromatic N) is 2. The maximum atomic E-state index is 12.3. The maximum Gasteiger partial charge on any atom is 0.164 e. The van der Waals surface area contributed by atoms with Crippen LogP contribution in [0.15, 0.2) is 44.8 Å². The van der Waals surface area contributed by atoms with Crippen LogP contribution in [0.3, 0.4) is 0 Å². The summed E-state index contributed by atoms with van der Waals surface area (Å²) in [5, 5.41) is 20.4. The molecule has 0 radical (unpaired) electrons. The van der Waals surface area contributed by atoms with E-state index in [-0.39, 0.29) is 34.2 Å². The van der Waals surface area contributed by atoms with Crippen molar-refractivity contribution >= 4 is 35.4 Å². The SMILES string of the molecule is CCCCCCCCCCCCCCCCCCCCCCOc1cc(N=C/C(C(C)=O)=C(/C)O)c(N=C/C(C(C)=O)=C(/C)O)cc1OCCCCCCCCCCCCCCCCCCCCCC. The minimum Gasteiger partial charge on any atom is -0.512 e. The van der Waals surface area contributed by atoms with Crippen LogP contribution in [0, 0.1) is 0 Å². The zero-order valence-corrected chi connectivity index (χ0v) is 46.4. The van der Waals surface area contributed by atoms with E-state index >= 15 is 0 Å². The molecule has 8 nitrogen and oxygen atoms in total. The summed E-state index contributed by atoms with van der Waals surface area (Å²) in [4.78, 5) is 33.7. The van der Waals surface area contributed by atoms with Gasteiger partial charge in [0.2, 0.25) is 0 Å². The predicted molar refractivity (Wildman–Crippen MR) is 302 cm³/mol. The second-order valence-corrected chi connectivity index (χ2v) is 20.5. The van der Waals surface area contributed by atoms with E-state index in [4.69, 9.17) is 9.47 Å². The molecule has 1 aromatic rings. The molecule has 1 rings (SSSR count). The van der Waals surface area contributed by atoms with Crippen molar-refractivity contribution in [2.24, 2.45) is 9.98 Å². The van der Waals surface area contributed by atoms with Gasteiger partial charge in [0.1, 0.15) is 11.5 Å². The van der Waals surface area contributed by atoms with Gasteiger partial charge in [0.15, 0.2) is 23.1 Å². The molecule has 2 N–H and O–H groups in total. The molecule has 0 amide bonds. The Morgan fingerprint density at radius 3 is 0.757 bits per heavy atom. The number of aliphatic hydroxyl groups is 2. The molecule has 0 aliphatic rings. The van der Waals surface area contributed by atoms with E-state index in [1.165, 1.54) is 271 Å². The molecule has 0 saturated heterocycles. The van der Waals surface area contributed by atoms with E-state index in [0.717, 1.165) is 25.7 Å². The second kappa shape index (κ2) is 46.6. The van der Waals surface area contributed by atoms with Crippen LogP contribution < -0.4 is 9.47 Å². The van der Waals surface area contributed by atoms with Gasteiger partial charge < -0.3 is 19.7 Å². The van der Waals surface area contributed by atoms with Crippen molar-refractivity contribution in [3.05, 3.63) is 34.8 Å². The highest BCUT2D eigenvalue weighted by Crippen LogP contribution is 2.40. The van der Waals surface area contributed by atoms with Crippen LogP contribution in [-0.4, -0.2) is 47.4 Å². The molecular formula is C62H108N2O6. The Morgan fingerprint density at radius 2 is 0.571 bits per heavy atom. The van der Waals surface area contributed by atoms with Gasteiger partial charge in [0, 0.05) is 24.6 Å². The smallest absolute Gasteiger partial charge is 0.164 e. The number of aliphatic imine (C=N–C) groups is 2. The third-order valence-corrected chi connectivity index (χ3v) is 13.8. The highest BCUT2D eigenvalue weighted by molar-refractivity contribution is 6.14. The minimum atomic E-state index is -0.322. The largest absolute Gasteiger partial charge is 0.512 e. The molecule has 8 heteroatoms. The fraction of sp³-hybridized carbons (Fsp3) is 0.774. The Labute approximate surface area is 430 Å². The maximum absolute atomic E-state index is 12.3. The van der Waals surface area contributed by atoms with Gasteiger partial charge in [-0.2, -0.15) is 0 Å². The quantitative estimate of drug-likeness (QED) is 0.0291. The summed E-state index contributed by atoms with van der Waals surface area (Å²) in [6.45, 7) is 11.3. The first-order valence-corrected chi connectivity index (χ1v) is 29.5.